The van der Waals surface area contributed by atoms with E-state index in [0.29, 0.717) is 19.7 Å². The number of carbonyl (C=O) groups is 1. The lowest BCUT2D eigenvalue weighted by atomic mass is 10.1. The van der Waals surface area contributed by atoms with E-state index in [1.165, 1.54) is 34.5 Å². The van der Waals surface area contributed by atoms with Crippen LogP contribution in [0.15, 0.2) is 75.4 Å². The highest BCUT2D eigenvalue weighted by Crippen LogP contribution is 2.39. The molecule has 1 amide bonds. The van der Waals surface area contributed by atoms with Crippen molar-refractivity contribution in [1.82, 2.24) is 0 Å². The summed E-state index contributed by atoms with van der Waals surface area (Å²) in [5, 5.41) is 11.7. The van der Waals surface area contributed by atoms with E-state index in [2.05, 4.69) is 0 Å². The Kier molecular flexibility index (Phi) is 6.69. The Labute approximate surface area is 206 Å². The van der Waals surface area contributed by atoms with Crippen LogP contribution in [0.4, 0.5) is 11.4 Å². The number of aryl methyl sites for hydroxylation is 3. The number of benzene rings is 3. The molecule has 0 atom stereocenters. The van der Waals surface area contributed by atoms with E-state index >= 15 is 0 Å². The van der Waals surface area contributed by atoms with Gasteiger partial charge in [-0.05, 0) is 73.9 Å². The van der Waals surface area contributed by atoms with Gasteiger partial charge in [-0.2, -0.15) is 0 Å². The molecular weight excluding hydrogens is 472 g/mol. The summed E-state index contributed by atoms with van der Waals surface area (Å²) in [7, 11) is 0. The molecular formula is C25H20N2O3S3. The first-order valence-corrected chi connectivity index (χ1v) is 12.2. The Morgan fingerprint density at radius 3 is 2.39 bits per heavy atom. The molecule has 1 aliphatic heterocycles. The van der Waals surface area contributed by atoms with Crippen LogP contribution in [0.1, 0.15) is 22.3 Å². The van der Waals surface area contributed by atoms with Crippen molar-refractivity contribution in [2.45, 2.75) is 30.6 Å². The van der Waals surface area contributed by atoms with Crippen molar-refractivity contribution < 1.29 is 9.72 Å². The summed E-state index contributed by atoms with van der Waals surface area (Å²) in [5.74, 6) is -0.228. The molecule has 0 bridgehead atoms. The fraction of sp³-hybridized carbons (Fsp3) is 0.120. The van der Waals surface area contributed by atoms with Crippen molar-refractivity contribution in [2.75, 3.05) is 4.90 Å². The third-order valence-electron chi connectivity index (χ3n) is 5.27. The zero-order valence-electron chi connectivity index (χ0n) is 18.2. The summed E-state index contributed by atoms with van der Waals surface area (Å²) in [6.07, 6.45) is 1.66. The minimum Gasteiger partial charge on any atom is -0.268 e. The Hall–Kier alpha value is -2.94. The molecule has 8 heteroatoms. The van der Waals surface area contributed by atoms with E-state index in [0.717, 1.165) is 27.3 Å². The maximum Gasteiger partial charge on any atom is 0.283 e. The molecule has 166 valence electrons. The SMILES string of the molecule is Cc1ccc(Sc2ccc(C=C3SC(=S)N(c4ccc(C)c(C)c4)C3=O)cc2[N+](=O)[O-])cc1. The molecule has 0 saturated carbocycles. The van der Waals surface area contributed by atoms with Gasteiger partial charge >= 0.3 is 0 Å². The first-order valence-electron chi connectivity index (χ1n) is 10.1. The molecule has 0 radical (unpaired) electrons. The minimum atomic E-state index is -0.395. The first kappa shape index (κ1) is 23.2. The van der Waals surface area contributed by atoms with Gasteiger partial charge < -0.3 is 0 Å². The van der Waals surface area contributed by atoms with E-state index in [1.807, 2.05) is 63.2 Å². The number of anilines is 1. The normalized spacial score (nSPS) is 14.9. The van der Waals surface area contributed by atoms with Gasteiger partial charge in [0.1, 0.15) is 0 Å². The Morgan fingerprint density at radius 2 is 1.73 bits per heavy atom. The van der Waals surface area contributed by atoms with Crippen LogP contribution in [0.2, 0.25) is 0 Å². The van der Waals surface area contributed by atoms with E-state index in [-0.39, 0.29) is 11.6 Å². The van der Waals surface area contributed by atoms with E-state index in [9.17, 15) is 14.9 Å². The smallest absolute Gasteiger partial charge is 0.268 e. The fourth-order valence-corrected chi connectivity index (χ4v) is 5.49. The Bertz CT molecular complexity index is 1320. The van der Waals surface area contributed by atoms with Gasteiger partial charge in [-0.25, -0.2) is 0 Å². The quantitative estimate of drug-likeness (QED) is 0.164. The molecule has 0 aromatic heterocycles. The molecule has 0 unspecified atom stereocenters. The summed E-state index contributed by atoms with van der Waals surface area (Å²) in [4.78, 5) is 27.8. The van der Waals surface area contributed by atoms with Crippen LogP contribution in [0.25, 0.3) is 6.08 Å². The zero-order chi connectivity index (χ0) is 23.7. The molecule has 5 nitrogen and oxygen atoms in total. The number of nitro benzene ring substituents is 1. The first-order chi connectivity index (χ1) is 15.7. The van der Waals surface area contributed by atoms with Gasteiger partial charge in [-0.3, -0.25) is 19.8 Å². The highest BCUT2D eigenvalue weighted by Gasteiger charge is 2.33. The second kappa shape index (κ2) is 9.51. The number of hydrogen-bond acceptors (Lipinski definition) is 6. The predicted octanol–water partition coefficient (Wildman–Crippen LogP) is 7.08. The van der Waals surface area contributed by atoms with E-state index in [4.69, 9.17) is 12.2 Å². The molecule has 4 rings (SSSR count). The van der Waals surface area contributed by atoms with E-state index in [1.54, 1.807) is 18.2 Å². The third-order valence-corrected chi connectivity index (χ3v) is 7.64. The maximum atomic E-state index is 13.1. The van der Waals surface area contributed by atoms with Gasteiger partial charge in [0.05, 0.1) is 20.4 Å². The highest BCUT2D eigenvalue weighted by molar-refractivity contribution is 8.27. The lowest BCUT2D eigenvalue weighted by molar-refractivity contribution is -0.387. The monoisotopic (exact) mass is 492 g/mol. The maximum absolute atomic E-state index is 13.1. The largest absolute Gasteiger partial charge is 0.283 e. The molecule has 0 aliphatic carbocycles. The van der Waals surface area contributed by atoms with Crippen molar-refractivity contribution in [2.24, 2.45) is 0 Å². The molecule has 1 fully saturated rings. The minimum absolute atomic E-state index is 0.000960. The molecule has 0 N–H and O–H groups in total. The van der Waals surface area contributed by atoms with Crippen molar-refractivity contribution in [3.63, 3.8) is 0 Å². The standard InChI is InChI=1S/C25H20N2O3S3/c1-15-4-9-20(10-5-15)32-22-11-7-18(13-21(22)27(29)30)14-23-24(28)26(25(31)33-23)19-8-6-16(2)17(3)12-19/h4-14H,1-3H3. The number of carbonyl (C=O) groups excluding carboxylic acids is 1. The summed E-state index contributed by atoms with van der Waals surface area (Å²) in [6, 6.07) is 18.6. The Morgan fingerprint density at radius 1 is 1.00 bits per heavy atom. The van der Waals surface area contributed by atoms with Gasteiger partial charge in [-0.15, -0.1) is 0 Å². The van der Waals surface area contributed by atoms with Crippen molar-refractivity contribution in [3.05, 3.63) is 97.9 Å². The summed E-state index contributed by atoms with van der Waals surface area (Å²) >= 11 is 7.99. The summed E-state index contributed by atoms with van der Waals surface area (Å²) in [5.41, 5.74) is 4.63. The van der Waals surface area contributed by atoms with Gasteiger partial charge in [-0.1, -0.05) is 65.6 Å². The third kappa shape index (κ3) is 5.03. The van der Waals surface area contributed by atoms with Crippen LogP contribution in [-0.4, -0.2) is 15.2 Å². The van der Waals surface area contributed by atoms with Crippen LogP contribution in [0.3, 0.4) is 0 Å². The lowest BCUT2D eigenvalue weighted by Crippen LogP contribution is -2.27. The van der Waals surface area contributed by atoms with Crippen LogP contribution < -0.4 is 4.90 Å². The number of thioether (sulfide) groups is 1. The average Bonchev–Trinajstić information content (AvgIpc) is 3.05. The number of nitrogens with zero attached hydrogens (tertiary/aromatic N) is 2. The van der Waals surface area contributed by atoms with Gasteiger partial charge in [0.2, 0.25) is 0 Å². The number of nitro groups is 1. The Balaban J connectivity index is 1.63. The molecule has 1 aliphatic rings. The second-order valence-corrected chi connectivity index (χ2v) is 10.5. The topological polar surface area (TPSA) is 63.5 Å². The van der Waals surface area contributed by atoms with E-state index < -0.39 is 4.92 Å². The number of hydrogen-bond donors (Lipinski definition) is 0. The molecule has 1 saturated heterocycles. The van der Waals surface area contributed by atoms with Crippen LogP contribution in [-0.2, 0) is 4.79 Å². The van der Waals surface area contributed by atoms with Gasteiger partial charge in [0.25, 0.3) is 11.6 Å². The second-order valence-electron chi connectivity index (χ2n) is 7.69. The van der Waals surface area contributed by atoms with Crippen molar-refractivity contribution >= 4 is 63.4 Å². The number of amides is 1. The fourth-order valence-electron chi connectivity index (χ4n) is 3.29. The zero-order valence-corrected chi connectivity index (χ0v) is 20.6. The van der Waals surface area contributed by atoms with Gasteiger partial charge in [0.15, 0.2) is 4.32 Å². The molecule has 33 heavy (non-hydrogen) atoms. The number of thiocarbonyl (C=S) groups is 1. The summed E-state index contributed by atoms with van der Waals surface area (Å²) < 4.78 is 0.440. The molecule has 1 heterocycles. The highest BCUT2D eigenvalue weighted by atomic mass is 32.2. The molecule has 3 aromatic carbocycles. The average molecular weight is 493 g/mol. The van der Waals surface area contributed by atoms with Gasteiger partial charge in [0, 0.05) is 11.0 Å². The van der Waals surface area contributed by atoms with Crippen molar-refractivity contribution in [1.29, 1.82) is 0 Å². The van der Waals surface area contributed by atoms with Crippen molar-refractivity contribution in [3.8, 4) is 0 Å². The number of rotatable bonds is 5. The van der Waals surface area contributed by atoms with Crippen LogP contribution >= 0.6 is 35.7 Å². The molecule has 3 aromatic rings. The predicted molar refractivity (Wildman–Crippen MR) is 140 cm³/mol. The lowest BCUT2D eigenvalue weighted by Gasteiger charge is -2.15. The van der Waals surface area contributed by atoms with Crippen LogP contribution in [0.5, 0.6) is 0 Å². The van der Waals surface area contributed by atoms with Crippen LogP contribution in [0, 0.1) is 30.9 Å². The summed E-state index contributed by atoms with van der Waals surface area (Å²) in [6.45, 7) is 5.99. The molecule has 0 spiro atoms.